The third kappa shape index (κ3) is 4.62. The van der Waals surface area contributed by atoms with Crippen molar-refractivity contribution in [1.29, 1.82) is 0 Å². The second kappa shape index (κ2) is 9.05. The second-order valence-corrected chi connectivity index (χ2v) is 7.38. The van der Waals surface area contributed by atoms with Gasteiger partial charge in [-0.05, 0) is 34.3 Å². The van der Waals surface area contributed by atoms with Gasteiger partial charge in [-0.2, -0.15) is 0 Å². The predicted molar refractivity (Wildman–Crippen MR) is 106 cm³/mol. The molecule has 0 unspecified atom stereocenters. The number of piperidine rings is 1. The highest BCUT2D eigenvalue weighted by Crippen LogP contribution is 2.24. The van der Waals surface area contributed by atoms with Crippen molar-refractivity contribution in [3.8, 4) is 0 Å². The number of esters is 1. The first-order valence-electron chi connectivity index (χ1n) is 8.95. The first kappa shape index (κ1) is 20.1. The molecule has 2 heterocycles. The molecule has 0 bridgehead atoms. The maximum absolute atomic E-state index is 12.4. The summed E-state index contributed by atoms with van der Waals surface area (Å²) in [5.74, 6) is -0.512. The summed E-state index contributed by atoms with van der Waals surface area (Å²) in [6.07, 6.45) is 2.36. The van der Waals surface area contributed by atoms with E-state index in [4.69, 9.17) is 9.47 Å². The molecule has 1 aliphatic rings. The Balaban J connectivity index is 1.61. The second-order valence-electron chi connectivity index (χ2n) is 6.53. The van der Waals surface area contributed by atoms with E-state index >= 15 is 0 Å². The summed E-state index contributed by atoms with van der Waals surface area (Å²) in [6, 6.07) is 10.8. The van der Waals surface area contributed by atoms with E-state index in [1.54, 1.807) is 9.47 Å². The zero-order valence-electron chi connectivity index (χ0n) is 15.5. The molecule has 1 aromatic carbocycles. The van der Waals surface area contributed by atoms with E-state index < -0.39 is 5.97 Å². The average Bonchev–Trinajstić information content (AvgIpc) is 2.72. The van der Waals surface area contributed by atoms with Gasteiger partial charge < -0.3 is 18.9 Å². The van der Waals surface area contributed by atoms with Crippen LogP contribution in [0.5, 0.6) is 0 Å². The highest BCUT2D eigenvalue weighted by molar-refractivity contribution is 9.10. The Kier molecular flexibility index (Phi) is 6.51. The van der Waals surface area contributed by atoms with Crippen LogP contribution in [0.3, 0.4) is 0 Å². The number of hydrogen-bond donors (Lipinski definition) is 0. The SMILES string of the molecule is COC(=O)c1cn(C2CCN(C(=O)OCc3ccccc3)CC2)c(=O)cc1Br. The molecule has 1 aliphatic heterocycles. The smallest absolute Gasteiger partial charge is 0.410 e. The van der Waals surface area contributed by atoms with Crippen LogP contribution in [-0.2, 0) is 16.1 Å². The Labute approximate surface area is 171 Å². The maximum atomic E-state index is 12.4. The van der Waals surface area contributed by atoms with Crippen molar-refractivity contribution >= 4 is 28.0 Å². The summed E-state index contributed by atoms with van der Waals surface area (Å²) in [7, 11) is 1.30. The molecular weight excluding hydrogens is 428 g/mol. The van der Waals surface area contributed by atoms with Gasteiger partial charge in [-0.1, -0.05) is 30.3 Å². The van der Waals surface area contributed by atoms with Gasteiger partial charge in [0.15, 0.2) is 0 Å². The number of rotatable bonds is 4. The fraction of sp³-hybridized carbons (Fsp3) is 0.350. The minimum absolute atomic E-state index is 0.0952. The molecular formula is C20H21BrN2O5. The topological polar surface area (TPSA) is 77.8 Å². The zero-order valence-corrected chi connectivity index (χ0v) is 17.1. The molecule has 0 radical (unpaired) electrons. The summed E-state index contributed by atoms with van der Waals surface area (Å²) < 4.78 is 12.1. The van der Waals surface area contributed by atoms with E-state index in [1.165, 1.54) is 19.4 Å². The number of aromatic nitrogens is 1. The number of carbonyl (C=O) groups excluding carboxylic acids is 2. The van der Waals surface area contributed by atoms with Crippen molar-refractivity contribution in [3.63, 3.8) is 0 Å². The van der Waals surface area contributed by atoms with Crippen molar-refractivity contribution in [2.75, 3.05) is 20.2 Å². The molecule has 1 fully saturated rings. The van der Waals surface area contributed by atoms with Crippen LogP contribution in [0, 0.1) is 0 Å². The van der Waals surface area contributed by atoms with Gasteiger partial charge in [0.25, 0.3) is 5.56 Å². The molecule has 0 aliphatic carbocycles. The molecule has 1 amide bonds. The lowest BCUT2D eigenvalue weighted by molar-refractivity contribution is 0.0598. The van der Waals surface area contributed by atoms with Gasteiger partial charge in [-0.25, -0.2) is 9.59 Å². The monoisotopic (exact) mass is 448 g/mol. The van der Waals surface area contributed by atoms with Crippen LogP contribution in [0.1, 0.15) is 34.8 Å². The lowest BCUT2D eigenvalue weighted by atomic mass is 10.0. The molecule has 0 spiro atoms. The standard InChI is InChI=1S/C20H21BrN2O5/c1-27-19(25)16-12-23(18(24)11-17(16)21)15-7-9-22(10-8-15)20(26)28-13-14-5-3-2-4-6-14/h2-6,11-12,15H,7-10,13H2,1H3. The number of halogens is 1. The minimum atomic E-state index is -0.512. The molecule has 1 aromatic heterocycles. The number of methoxy groups -OCH3 is 1. The van der Waals surface area contributed by atoms with Crippen LogP contribution < -0.4 is 5.56 Å². The highest BCUT2D eigenvalue weighted by Gasteiger charge is 2.26. The van der Waals surface area contributed by atoms with Gasteiger partial charge in [0.1, 0.15) is 6.61 Å². The number of hydrogen-bond acceptors (Lipinski definition) is 5. The van der Waals surface area contributed by atoms with Crippen LogP contribution in [0.25, 0.3) is 0 Å². The highest BCUT2D eigenvalue weighted by atomic mass is 79.9. The van der Waals surface area contributed by atoms with Crippen molar-refractivity contribution < 1.29 is 19.1 Å². The molecule has 148 valence electrons. The normalized spacial score (nSPS) is 14.6. The number of benzene rings is 1. The average molecular weight is 449 g/mol. The number of amides is 1. The summed E-state index contributed by atoms with van der Waals surface area (Å²) >= 11 is 3.23. The number of pyridine rings is 1. The number of carbonyl (C=O) groups is 2. The van der Waals surface area contributed by atoms with Crippen molar-refractivity contribution in [2.24, 2.45) is 0 Å². The molecule has 1 saturated heterocycles. The molecule has 0 N–H and O–H groups in total. The minimum Gasteiger partial charge on any atom is -0.465 e. The van der Waals surface area contributed by atoms with Crippen molar-refractivity contribution in [3.05, 3.63) is 68.5 Å². The van der Waals surface area contributed by atoms with Crippen LogP contribution in [0.4, 0.5) is 4.79 Å². The van der Waals surface area contributed by atoms with Gasteiger partial charge in [0.05, 0.1) is 12.7 Å². The lowest BCUT2D eigenvalue weighted by Crippen LogP contribution is -2.41. The number of ether oxygens (including phenoxy) is 2. The van der Waals surface area contributed by atoms with Crippen LogP contribution in [0.15, 0.2) is 51.9 Å². The Morgan fingerprint density at radius 1 is 1.18 bits per heavy atom. The van der Waals surface area contributed by atoms with Crippen molar-refractivity contribution in [1.82, 2.24) is 9.47 Å². The fourth-order valence-electron chi connectivity index (χ4n) is 3.21. The Bertz CT molecular complexity index is 905. The van der Waals surface area contributed by atoms with Gasteiger partial charge >= 0.3 is 12.1 Å². The van der Waals surface area contributed by atoms with E-state index in [-0.39, 0.29) is 24.3 Å². The number of nitrogens with zero attached hydrogens (tertiary/aromatic N) is 2. The maximum Gasteiger partial charge on any atom is 0.410 e. The summed E-state index contributed by atoms with van der Waals surface area (Å²) in [5, 5.41) is 0. The molecule has 2 aromatic rings. The first-order chi connectivity index (χ1) is 13.5. The first-order valence-corrected chi connectivity index (χ1v) is 9.74. The van der Waals surface area contributed by atoms with Crippen LogP contribution in [0.2, 0.25) is 0 Å². The largest absolute Gasteiger partial charge is 0.465 e. The van der Waals surface area contributed by atoms with E-state index in [9.17, 15) is 14.4 Å². The third-order valence-electron chi connectivity index (χ3n) is 4.76. The van der Waals surface area contributed by atoms with E-state index in [0.29, 0.717) is 36.0 Å². The third-order valence-corrected chi connectivity index (χ3v) is 5.41. The Morgan fingerprint density at radius 2 is 1.86 bits per heavy atom. The van der Waals surface area contributed by atoms with Gasteiger partial charge in [-0.3, -0.25) is 4.79 Å². The van der Waals surface area contributed by atoms with Gasteiger partial charge in [0, 0.05) is 35.9 Å². The van der Waals surface area contributed by atoms with E-state index in [2.05, 4.69) is 15.9 Å². The molecule has 8 heteroatoms. The molecule has 0 atom stereocenters. The summed E-state index contributed by atoms with van der Waals surface area (Å²) in [6.45, 7) is 1.19. The van der Waals surface area contributed by atoms with Gasteiger partial charge in [-0.15, -0.1) is 0 Å². The summed E-state index contributed by atoms with van der Waals surface area (Å²) in [5.41, 5.74) is 1.03. The molecule has 28 heavy (non-hydrogen) atoms. The fourth-order valence-corrected chi connectivity index (χ4v) is 3.67. The molecule has 0 saturated carbocycles. The quantitative estimate of drug-likeness (QED) is 0.669. The van der Waals surface area contributed by atoms with Crippen molar-refractivity contribution in [2.45, 2.75) is 25.5 Å². The molecule has 7 nitrogen and oxygen atoms in total. The Hall–Kier alpha value is -2.61. The predicted octanol–water partition coefficient (Wildman–Crippen LogP) is 3.37. The van der Waals surface area contributed by atoms with Crippen LogP contribution in [-0.4, -0.2) is 41.7 Å². The van der Waals surface area contributed by atoms with Gasteiger partial charge in [0.2, 0.25) is 0 Å². The van der Waals surface area contributed by atoms with E-state index in [0.717, 1.165) is 5.56 Å². The lowest BCUT2D eigenvalue weighted by Gasteiger charge is -2.32. The Morgan fingerprint density at radius 3 is 2.50 bits per heavy atom. The number of likely N-dealkylation sites (tertiary alicyclic amines) is 1. The molecule has 3 rings (SSSR count). The summed E-state index contributed by atoms with van der Waals surface area (Å²) in [4.78, 5) is 38.1. The van der Waals surface area contributed by atoms with Crippen LogP contribution >= 0.6 is 15.9 Å². The van der Waals surface area contributed by atoms with E-state index in [1.807, 2.05) is 30.3 Å². The zero-order chi connectivity index (χ0) is 20.1.